The van der Waals surface area contributed by atoms with Crippen molar-refractivity contribution in [2.45, 2.75) is 6.92 Å². The highest BCUT2D eigenvalue weighted by molar-refractivity contribution is 9.10. The first-order chi connectivity index (χ1) is 14.0. The second-order valence-electron chi connectivity index (χ2n) is 7.26. The SMILES string of the molecule is Cc1cc2ccc(C(=O)N3CCN(C(=O)/C=C/c4ccc(Br)cc4)CC3)cc2[nH]1. The minimum Gasteiger partial charge on any atom is -0.359 e. The van der Waals surface area contributed by atoms with E-state index in [2.05, 4.69) is 27.0 Å². The van der Waals surface area contributed by atoms with Crippen molar-refractivity contribution in [2.24, 2.45) is 0 Å². The van der Waals surface area contributed by atoms with E-state index in [1.807, 2.05) is 60.4 Å². The van der Waals surface area contributed by atoms with Gasteiger partial charge in [0.1, 0.15) is 0 Å². The van der Waals surface area contributed by atoms with Gasteiger partial charge in [-0.15, -0.1) is 0 Å². The highest BCUT2D eigenvalue weighted by atomic mass is 79.9. The number of halogens is 1. The molecule has 148 valence electrons. The lowest BCUT2D eigenvalue weighted by molar-refractivity contribution is -0.127. The lowest BCUT2D eigenvalue weighted by Gasteiger charge is -2.34. The predicted molar refractivity (Wildman–Crippen MR) is 119 cm³/mol. The zero-order chi connectivity index (χ0) is 20.4. The number of amides is 2. The Kier molecular flexibility index (Phi) is 5.53. The van der Waals surface area contributed by atoms with Crippen molar-refractivity contribution < 1.29 is 9.59 Å². The Morgan fingerprint density at radius 2 is 1.66 bits per heavy atom. The van der Waals surface area contributed by atoms with E-state index in [1.165, 1.54) is 0 Å². The number of benzene rings is 2. The number of nitrogens with one attached hydrogen (secondary N) is 1. The topological polar surface area (TPSA) is 56.4 Å². The first-order valence-corrected chi connectivity index (χ1v) is 10.4. The fourth-order valence-electron chi connectivity index (χ4n) is 3.56. The number of aryl methyl sites for hydroxylation is 1. The summed E-state index contributed by atoms with van der Waals surface area (Å²) in [7, 11) is 0. The minimum absolute atomic E-state index is 0.0108. The molecule has 5 nitrogen and oxygen atoms in total. The molecule has 0 spiro atoms. The molecule has 29 heavy (non-hydrogen) atoms. The van der Waals surface area contributed by atoms with Gasteiger partial charge in [0.05, 0.1) is 0 Å². The number of fused-ring (bicyclic) bond motifs is 1. The van der Waals surface area contributed by atoms with Gasteiger partial charge in [0.25, 0.3) is 5.91 Å². The van der Waals surface area contributed by atoms with E-state index in [4.69, 9.17) is 0 Å². The number of aromatic nitrogens is 1. The van der Waals surface area contributed by atoms with Gasteiger partial charge in [-0.3, -0.25) is 9.59 Å². The summed E-state index contributed by atoms with van der Waals surface area (Å²) in [5.41, 5.74) is 3.70. The molecule has 1 N–H and O–H groups in total. The molecule has 1 aliphatic heterocycles. The second kappa shape index (κ2) is 8.25. The van der Waals surface area contributed by atoms with E-state index in [1.54, 1.807) is 11.0 Å². The number of hydrogen-bond donors (Lipinski definition) is 1. The Hall–Kier alpha value is -2.86. The minimum atomic E-state index is -0.0247. The van der Waals surface area contributed by atoms with E-state index in [0.717, 1.165) is 26.6 Å². The summed E-state index contributed by atoms with van der Waals surface area (Å²) in [4.78, 5) is 32.2. The van der Waals surface area contributed by atoms with Crippen molar-refractivity contribution in [3.05, 3.63) is 75.9 Å². The van der Waals surface area contributed by atoms with Crippen molar-refractivity contribution in [3.8, 4) is 0 Å². The average molecular weight is 452 g/mol. The van der Waals surface area contributed by atoms with E-state index in [9.17, 15) is 9.59 Å². The highest BCUT2D eigenvalue weighted by Gasteiger charge is 2.24. The van der Waals surface area contributed by atoms with Crippen molar-refractivity contribution >= 4 is 44.7 Å². The number of nitrogens with zero attached hydrogens (tertiary/aromatic N) is 2. The van der Waals surface area contributed by atoms with Crippen LogP contribution < -0.4 is 0 Å². The van der Waals surface area contributed by atoms with Gasteiger partial charge in [0.2, 0.25) is 5.91 Å². The van der Waals surface area contributed by atoms with Crippen LogP contribution in [0, 0.1) is 6.92 Å². The van der Waals surface area contributed by atoms with Crippen LogP contribution in [0.4, 0.5) is 0 Å². The van der Waals surface area contributed by atoms with Crippen LogP contribution in [0.2, 0.25) is 0 Å². The lowest BCUT2D eigenvalue weighted by atomic mass is 10.1. The molecule has 1 aliphatic rings. The number of aromatic amines is 1. The zero-order valence-electron chi connectivity index (χ0n) is 16.2. The van der Waals surface area contributed by atoms with Crippen molar-refractivity contribution in [1.82, 2.24) is 14.8 Å². The summed E-state index contributed by atoms with van der Waals surface area (Å²) in [5, 5.41) is 1.10. The third kappa shape index (κ3) is 4.43. The Labute approximate surface area is 178 Å². The molecule has 1 saturated heterocycles. The fraction of sp³-hybridized carbons (Fsp3) is 0.217. The third-order valence-corrected chi connectivity index (χ3v) is 5.70. The molecule has 0 atom stereocenters. The van der Waals surface area contributed by atoms with Crippen LogP contribution in [0.25, 0.3) is 17.0 Å². The molecule has 0 unspecified atom stereocenters. The lowest BCUT2D eigenvalue weighted by Crippen LogP contribution is -2.50. The third-order valence-electron chi connectivity index (χ3n) is 5.17. The Morgan fingerprint density at radius 3 is 2.38 bits per heavy atom. The van der Waals surface area contributed by atoms with Crippen LogP contribution in [0.5, 0.6) is 0 Å². The molecule has 2 amide bonds. The van der Waals surface area contributed by atoms with Gasteiger partial charge < -0.3 is 14.8 Å². The van der Waals surface area contributed by atoms with Crippen LogP contribution in [-0.2, 0) is 4.79 Å². The van der Waals surface area contributed by atoms with E-state index >= 15 is 0 Å². The molecular formula is C23H22BrN3O2. The maximum Gasteiger partial charge on any atom is 0.254 e. The molecule has 0 saturated carbocycles. The number of piperazine rings is 1. The molecule has 0 bridgehead atoms. The molecule has 0 aliphatic carbocycles. The maximum absolute atomic E-state index is 12.9. The van der Waals surface area contributed by atoms with E-state index < -0.39 is 0 Å². The summed E-state index contributed by atoms with van der Waals surface area (Å²) in [6.45, 7) is 4.16. The first kappa shape index (κ1) is 19.5. The molecule has 1 aromatic heterocycles. The predicted octanol–water partition coefficient (Wildman–Crippen LogP) is 4.24. The van der Waals surface area contributed by atoms with Gasteiger partial charge in [-0.25, -0.2) is 0 Å². The van der Waals surface area contributed by atoms with Gasteiger partial charge in [-0.05, 0) is 54.3 Å². The van der Waals surface area contributed by atoms with Gasteiger partial charge >= 0.3 is 0 Å². The molecule has 2 aromatic carbocycles. The number of carbonyl (C=O) groups excluding carboxylic acids is 2. The fourth-order valence-corrected chi connectivity index (χ4v) is 3.83. The van der Waals surface area contributed by atoms with Crippen molar-refractivity contribution in [3.63, 3.8) is 0 Å². The molecule has 1 fully saturated rings. The molecule has 2 heterocycles. The van der Waals surface area contributed by atoms with E-state index in [-0.39, 0.29) is 11.8 Å². The van der Waals surface area contributed by atoms with Crippen LogP contribution in [0.15, 0.2) is 59.1 Å². The summed E-state index contributed by atoms with van der Waals surface area (Å²) >= 11 is 3.40. The monoisotopic (exact) mass is 451 g/mol. The van der Waals surface area contributed by atoms with E-state index in [0.29, 0.717) is 31.7 Å². The Bertz CT molecular complexity index is 1080. The van der Waals surface area contributed by atoms with Crippen LogP contribution in [0.1, 0.15) is 21.6 Å². The number of rotatable bonds is 3. The van der Waals surface area contributed by atoms with Crippen molar-refractivity contribution in [1.29, 1.82) is 0 Å². The van der Waals surface area contributed by atoms with Crippen LogP contribution >= 0.6 is 15.9 Å². The summed E-state index contributed by atoms with van der Waals surface area (Å²) in [6.07, 6.45) is 3.42. The molecular weight excluding hydrogens is 430 g/mol. The summed E-state index contributed by atoms with van der Waals surface area (Å²) in [5.74, 6) is -0.0139. The smallest absolute Gasteiger partial charge is 0.254 e. The summed E-state index contributed by atoms with van der Waals surface area (Å²) in [6, 6.07) is 15.6. The van der Waals surface area contributed by atoms with Gasteiger partial charge in [0, 0.05) is 53.5 Å². The standard InChI is InChI=1S/C23H22BrN3O2/c1-16-14-18-5-6-19(15-21(18)25-16)23(29)27-12-10-26(11-13-27)22(28)9-4-17-2-7-20(24)8-3-17/h2-9,14-15,25H,10-13H2,1H3/b9-4+. The first-order valence-electron chi connectivity index (χ1n) is 9.61. The number of hydrogen-bond acceptors (Lipinski definition) is 2. The van der Waals surface area contributed by atoms with Gasteiger partial charge in [0.15, 0.2) is 0 Å². The largest absolute Gasteiger partial charge is 0.359 e. The second-order valence-corrected chi connectivity index (χ2v) is 8.17. The van der Waals surface area contributed by atoms with Crippen LogP contribution in [-0.4, -0.2) is 52.8 Å². The van der Waals surface area contributed by atoms with Crippen LogP contribution in [0.3, 0.4) is 0 Å². The Morgan fingerprint density at radius 1 is 0.966 bits per heavy atom. The molecule has 6 heteroatoms. The van der Waals surface area contributed by atoms with Gasteiger partial charge in [-0.1, -0.05) is 34.1 Å². The average Bonchev–Trinajstić information content (AvgIpc) is 3.12. The number of H-pyrrole nitrogens is 1. The van der Waals surface area contributed by atoms with Crippen molar-refractivity contribution in [2.75, 3.05) is 26.2 Å². The van der Waals surface area contributed by atoms with Gasteiger partial charge in [-0.2, -0.15) is 0 Å². The summed E-state index contributed by atoms with van der Waals surface area (Å²) < 4.78 is 1.01. The Balaban J connectivity index is 1.36. The molecule has 3 aromatic rings. The molecule has 4 rings (SSSR count). The zero-order valence-corrected chi connectivity index (χ0v) is 17.8. The normalized spacial score (nSPS) is 14.7. The highest BCUT2D eigenvalue weighted by Crippen LogP contribution is 2.19. The quantitative estimate of drug-likeness (QED) is 0.605. The molecule has 0 radical (unpaired) electrons. The number of carbonyl (C=O) groups is 2. The maximum atomic E-state index is 12.9.